The summed E-state index contributed by atoms with van der Waals surface area (Å²) in [7, 11) is 3.01. The van der Waals surface area contributed by atoms with E-state index in [1.807, 2.05) is 0 Å². The number of benzene rings is 2. The topological polar surface area (TPSA) is 109 Å². The highest BCUT2D eigenvalue weighted by Gasteiger charge is 2.10. The van der Waals surface area contributed by atoms with Crippen LogP contribution < -0.4 is 20.2 Å². The fourth-order valence-electron chi connectivity index (χ4n) is 2.59. The van der Waals surface area contributed by atoms with Crippen molar-refractivity contribution in [2.75, 3.05) is 19.5 Å². The van der Waals surface area contributed by atoms with Crippen molar-refractivity contribution < 1.29 is 24.2 Å². The Bertz CT molecular complexity index is 923. The fraction of sp³-hybridized carbons (Fsp3) is 0.227. The molecule has 2 amide bonds. The highest BCUT2D eigenvalue weighted by molar-refractivity contribution is 5.93. The van der Waals surface area contributed by atoms with Crippen molar-refractivity contribution in [3.05, 3.63) is 60.2 Å². The molecule has 0 aromatic heterocycles. The summed E-state index contributed by atoms with van der Waals surface area (Å²) in [4.78, 5) is 23.9. The Morgan fingerprint density at radius 1 is 1.10 bits per heavy atom. The van der Waals surface area contributed by atoms with Crippen LogP contribution in [0.3, 0.4) is 0 Å². The average molecular weight is 411 g/mol. The summed E-state index contributed by atoms with van der Waals surface area (Å²) in [5, 5.41) is 16.7. The first-order valence-electron chi connectivity index (χ1n) is 9.23. The molecule has 0 atom stereocenters. The van der Waals surface area contributed by atoms with Gasteiger partial charge in [0, 0.05) is 24.1 Å². The third kappa shape index (κ3) is 6.66. The van der Waals surface area contributed by atoms with Crippen molar-refractivity contribution in [3.63, 3.8) is 0 Å². The second-order valence-electron chi connectivity index (χ2n) is 6.29. The Balaban J connectivity index is 1.85. The molecule has 0 saturated carbocycles. The first kappa shape index (κ1) is 22.5. The summed E-state index contributed by atoms with van der Waals surface area (Å²) in [6, 6.07) is 10.2. The van der Waals surface area contributed by atoms with Crippen molar-refractivity contribution in [2.45, 2.75) is 19.3 Å². The van der Waals surface area contributed by atoms with Crippen LogP contribution in [0.15, 0.2) is 54.2 Å². The molecule has 0 saturated heterocycles. The minimum Gasteiger partial charge on any atom is -0.504 e. The van der Waals surface area contributed by atoms with E-state index in [9.17, 15) is 14.7 Å². The lowest BCUT2D eigenvalue weighted by Gasteiger charge is -2.09. The number of phenolic OH excluding ortho intramolecular Hbond substituents is 1. The number of hydrogen-bond acceptors (Lipinski definition) is 6. The van der Waals surface area contributed by atoms with Crippen molar-refractivity contribution >= 4 is 23.7 Å². The Kier molecular flexibility index (Phi) is 8.43. The number of amides is 2. The molecule has 30 heavy (non-hydrogen) atoms. The summed E-state index contributed by atoms with van der Waals surface area (Å²) in [5.74, 6) is 0.358. The first-order chi connectivity index (χ1) is 14.5. The number of phenols is 1. The predicted octanol–water partition coefficient (Wildman–Crippen LogP) is 3.01. The molecular formula is C22H25N3O5. The number of anilines is 1. The normalized spacial score (nSPS) is 10.5. The van der Waals surface area contributed by atoms with Crippen LogP contribution in [0.2, 0.25) is 0 Å². The third-order valence-electron chi connectivity index (χ3n) is 4.12. The molecule has 2 aromatic carbocycles. The third-order valence-corrected chi connectivity index (χ3v) is 4.12. The van der Waals surface area contributed by atoms with Gasteiger partial charge in [0.15, 0.2) is 11.5 Å². The van der Waals surface area contributed by atoms with Gasteiger partial charge in [-0.25, -0.2) is 5.43 Å². The van der Waals surface area contributed by atoms with Crippen molar-refractivity contribution in [2.24, 2.45) is 5.10 Å². The zero-order chi connectivity index (χ0) is 21.9. The summed E-state index contributed by atoms with van der Waals surface area (Å²) in [6.45, 7) is 3.66. The van der Waals surface area contributed by atoms with Gasteiger partial charge in [-0.2, -0.15) is 5.10 Å². The van der Waals surface area contributed by atoms with Gasteiger partial charge in [-0.1, -0.05) is 6.08 Å². The number of ether oxygens (including phenoxy) is 2. The van der Waals surface area contributed by atoms with Crippen molar-refractivity contribution in [1.29, 1.82) is 0 Å². The van der Waals surface area contributed by atoms with E-state index >= 15 is 0 Å². The second kappa shape index (κ2) is 11.3. The Labute approximate surface area is 175 Å². The maximum Gasteiger partial charge on any atom is 0.240 e. The van der Waals surface area contributed by atoms with E-state index in [0.717, 1.165) is 0 Å². The number of carbonyl (C=O) groups excluding carboxylic acids is 2. The van der Waals surface area contributed by atoms with Crippen molar-refractivity contribution in [1.82, 2.24) is 5.43 Å². The predicted molar refractivity (Wildman–Crippen MR) is 115 cm³/mol. The van der Waals surface area contributed by atoms with Crippen LogP contribution in [0.5, 0.6) is 17.2 Å². The van der Waals surface area contributed by atoms with E-state index in [1.54, 1.807) is 49.6 Å². The van der Waals surface area contributed by atoms with Crippen LogP contribution in [0, 0.1) is 0 Å². The highest BCUT2D eigenvalue weighted by atomic mass is 16.5. The number of nitrogens with zero attached hydrogens (tertiary/aromatic N) is 1. The lowest BCUT2D eigenvalue weighted by Crippen LogP contribution is -2.20. The SMILES string of the molecule is C=CCc1cc(C=NNC(=O)CCC(=O)Nc2ccc(OC)cc2)cc(OC)c1O. The largest absolute Gasteiger partial charge is 0.504 e. The van der Waals surface area contributed by atoms with Gasteiger partial charge < -0.3 is 19.9 Å². The molecule has 8 nitrogen and oxygen atoms in total. The van der Waals surface area contributed by atoms with Crippen LogP contribution >= 0.6 is 0 Å². The molecule has 0 bridgehead atoms. The molecule has 0 fully saturated rings. The summed E-state index contributed by atoms with van der Waals surface area (Å²) < 4.78 is 10.2. The maximum absolute atomic E-state index is 12.0. The van der Waals surface area contributed by atoms with Gasteiger partial charge in [0.1, 0.15) is 5.75 Å². The molecule has 0 unspecified atom stereocenters. The number of hydrogen-bond donors (Lipinski definition) is 3. The summed E-state index contributed by atoms with van der Waals surface area (Å²) >= 11 is 0. The number of allylic oxidation sites excluding steroid dienone is 1. The Morgan fingerprint density at radius 3 is 2.43 bits per heavy atom. The van der Waals surface area contributed by atoms with Gasteiger partial charge in [-0.15, -0.1) is 6.58 Å². The van der Waals surface area contributed by atoms with E-state index < -0.39 is 5.91 Å². The molecular weight excluding hydrogens is 386 g/mol. The van der Waals surface area contributed by atoms with E-state index in [2.05, 4.69) is 22.4 Å². The molecule has 0 aliphatic heterocycles. The van der Waals surface area contributed by atoms with Gasteiger partial charge in [0.25, 0.3) is 0 Å². The number of rotatable bonds is 10. The molecule has 0 heterocycles. The highest BCUT2D eigenvalue weighted by Crippen LogP contribution is 2.31. The van der Waals surface area contributed by atoms with Gasteiger partial charge in [0.2, 0.25) is 11.8 Å². The Hall–Kier alpha value is -3.81. The van der Waals surface area contributed by atoms with Gasteiger partial charge in [-0.05, 0) is 48.4 Å². The first-order valence-corrected chi connectivity index (χ1v) is 9.23. The number of aromatic hydroxyl groups is 1. The number of hydrazone groups is 1. The minimum absolute atomic E-state index is 0.0139. The summed E-state index contributed by atoms with van der Waals surface area (Å²) in [6.07, 6.45) is 3.56. The Morgan fingerprint density at radius 2 is 1.80 bits per heavy atom. The molecule has 8 heteroatoms. The second-order valence-corrected chi connectivity index (χ2v) is 6.29. The average Bonchev–Trinajstić information content (AvgIpc) is 2.75. The minimum atomic E-state index is -0.395. The fourth-order valence-corrected chi connectivity index (χ4v) is 2.59. The molecule has 0 spiro atoms. The maximum atomic E-state index is 12.0. The molecule has 2 rings (SSSR count). The quantitative estimate of drug-likeness (QED) is 0.316. The zero-order valence-electron chi connectivity index (χ0n) is 17.0. The van der Waals surface area contributed by atoms with Gasteiger partial charge in [0.05, 0.1) is 20.4 Å². The number of carbonyl (C=O) groups is 2. The molecule has 2 aromatic rings. The van der Waals surface area contributed by atoms with Crippen LogP contribution in [0.1, 0.15) is 24.0 Å². The molecule has 158 valence electrons. The standard InChI is InChI=1S/C22H25N3O5/c1-4-5-16-12-15(13-19(30-3)22(16)28)14-23-25-21(27)11-10-20(26)24-17-6-8-18(29-2)9-7-17/h4,6-9,12-14,28H,1,5,10-11H2,2-3H3,(H,24,26)(H,25,27). The van der Waals surface area contributed by atoms with Gasteiger partial charge in [-0.3, -0.25) is 9.59 Å². The monoisotopic (exact) mass is 411 g/mol. The van der Waals surface area contributed by atoms with Gasteiger partial charge >= 0.3 is 0 Å². The number of methoxy groups -OCH3 is 2. The lowest BCUT2D eigenvalue weighted by atomic mass is 10.1. The van der Waals surface area contributed by atoms with Crippen LogP contribution in [-0.4, -0.2) is 37.4 Å². The molecule has 0 aliphatic carbocycles. The van der Waals surface area contributed by atoms with E-state index in [0.29, 0.717) is 34.7 Å². The molecule has 3 N–H and O–H groups in total. The lowest BCUT2D eigenvalue weighted by molar-refractivity contribution is -0.124. The van der Waals surface area contributed by atoms with E-state index in [-0.39, 0.29) is 24.5 Å². The van der Waals surface area contributed by atoms with E-state index in [4.69, 9.17) is 9.47 Å². The molecule has 0 radical (unpaired) electrons. The van der Waals surface area contributed by atoms with Crippen molar-refractivity contribution in [3.8, 4) is 17.2 Å². The molecule has 0 aliphatic rings. The van der Waals surface area contributed by atoms with E-state index in [1.165, 1.54) is 13.3 Å². The smallest absolute Gasteiger partial charge is 0.240 e. The number of nitrogens with one attached hydrogen (secondary N) is 2. The van der Waals surface area contributed by atoms with Crippen LogP contribution in [0.25, 0.3) is 0 Å². The van der Waals surface area contributed by atoms with Crippen LogP contribution in [0.4, 0.5) is 5.69 Å². The summed E-state index contributed by atoms with van der Waals surface area (Å²) in [5.41, 5.74) is 4.27. The van der Waals surface area contributed by atoms with Crippen LogP contribution in [-0.2, 0) is 16.0 Å². The zero-order valence-corrected chi connectivity index (χ0v) is 17.0.